The Morgan fingerprint density at radius 2 is 1.90 bits per heavy atom. The first-order chi connectivity index (χ1) is 14.0. The average Bonchev–Trinajstić information content (AvgIpc) is 3.35. The number of hydrogen-bond donors (Lipinski definition) is 1. The third-order valence-corrected chi connectivity index (χ3v) is 4.57. The van der Waals surface area contributed by atoms with Crippen LogP contribution in [0, 0.1) is 6.92 Å². The Bertz CT molecular complexity index is 1180. The maximum absolute atomic E-state index is 12.7. The Morgan fingerprint density at radius 3 is 2.69 bits per heavy atom. The van der Waals surface area contributed by atoms with Crippen molar-refractivity contribution in [2.45, 2.75) is 26.5 Å². The van der Waals surface area contributed by atoms with Crippen LogP contribution in [0.15, 0.2) is 54.7 Å². The zero-order chi connectivity index (χ0) is 20.4. The van der Waals surface area contributed by atoms with Crippen LogP contribution in [0.25, 0.3) is 22.3 Å². The molecule has 1 atom stereocenters. The smallest absolute Gasteiger partial charge is 0.330 e. The third-order valence-electron chi connectivity index (χ3n) is 4.57. The number of aromatic nitrogens is 5. The van der Waals surface area contributed by atoms with Crippen molar-refractivity contribution in [1.82, 2.24) is 25.2 Å². The SMILES string of the molecule is Cc1ccc(-c2nnn(CC(=O)O[C@@H](C)C(=O)c3c[nH]c4ccccc34)n2)cc1. The highest BCUT2D eigenvalue weighted by molar-refractivity contribution is 6.10. The highest BCUT2D eigenvalue weighted by Gasteiger charge is 2.22. The van der Waals surface area contributed by atoms with Gasteiger partial charge in [-0.2, -0.15) is 4.80 Å². The average molecular weight is 389 g/mol. The van der Waals surface area contributed by atoms with Crippen LogP contribution in [0.5, 0.6) is 0 Å². The number of carbonyl (C=O) groups is 2. The number of benzene rings is 2. The number of para-hydroxylation sites is 1. The first-order valence-electron chi connectivity index (χ1n) is 9.16. The van der Waals surface area contributed by atoms with Crippen LogP contribution in [-0.4, -0.2) is 43.0 Å². The monoisotopic (exact) mass is 389 g/mol. The summed E-state index contributed by atoms with van der Waals surface area (Å²) in [6, 6.07) is 15.1. The number of aromatic amines is 1. The fourth-order valence-corrected chi connectivity index (χ4v) is 3.03. The Morgan fingerprint density at radius 1 is 1.14 bits per heavy atom. The molecule has 0 fully saturated rings. The number of nitrogens with one attached hydrogen (secondary N) is 1. The molecule has 0 aliphatic heterocycles. The van der Waals surface area contributed by atoms with Crippen LogP contribution >= 0.6 is 0 Å². The molecule has 0 saturated carbocycles. The lowest BCUT2D eigenvalue weighted by atomic mass is 10.1. The number of tetrazole rings is 1. The van der Waals surface area contributed by atoms with Gasteiger partial charge in [-0.3, -0.25) is 4.79 Å². The maximum atomic E-state index is 12.7. The minimum absolute atomic E-state index is 0.232. The number of Topliss-reactive ketones (excluding diaryl/α,β-unsaturated/α-hetero) is 1. The molecule has 0 saturated heterocycles. The topological polar surface area (TPSA) is 103 Å². The molecule has 0 aliphatic carbocycles. The molecule has 2 aromatic heterocycles. The summed E-state index contributed by atoms with van der Waals surface area (Å²) in [5, 5.41) is 12.8. The molecule has 0 radical (unpaired) electrons. The van der Waals surface area contributed by atoms with E-state index in [4.69, 9.17) is 4.74 Å². The van der Waals surface area contributed by atoms with Gasteiger partial charge in [-0.1, -0.05) is 48.0 Å². The number of aryl methyl sites for hydroxylation is 1. The van der Waals surface area contributed by atoms with Crippen LogP contribution in [-0.2, 0) is 16.1 Å². The molecule has 1 N–H and O–H groups in total. The number of hydrogen-bond acceptors (Lipinski definition) is 6. The fourth-order valence-electron chi connectivity index (χ4n) is 3.03. The third kappa shape index (κ3) is 3.91. The maximum Gasteiger partial charge on any atom is 0.330 e. The predicted octanol–water partition coefficient (Wildman–Crippen LogP) is 2.94. The first kappa shape index (κ1) is 18.5. The van der Waals surface area contributed by atoms with Gasteiger partial charge < -0.3 is 9.72 Å². The second-order valence-electron chi connectivity index (χ2n) is 6.75. The predicted molar refractivity (Wildman–Crippen MR) is 106 cm³/mol. The van der Waals surface area contributed by atoms with Crippen molar-refractivity contribution >= 4 is 22.7 Å². The van der Waals surface area contributed by atoms with E-state index in [0.717, 1.165) is 26.8 Å². The van der Waals surface area contributed by atoms with Gasteiger partial charge in [0.25, 0.3) is 0 Å². The number of rotatable bonds is 6. The van der Waals surface area contributed by atoms with Gasteiger partial charge in [-0.15, -0.1) is 10.2 Å². The molecule has 0 aliphatic rings. The highest BCUT2D eigenvalue weighted by Crippen LogP contribution is 2.20. The van der Waals surface area contributed by atoms with Gasteiger partial charge in [-0.05, 0) is 25.1 Å². The Hall–Kier alpha value is -3.81. The molecule has 4 aromatic rings. The van der Waals surface area contributed by atoms with E-state index >= 15 is 0 Å². The van der Waals surface area contributed by atoms with Crippen molar-refractivity contribution in [1.29, 1.82) is 0 Å². The molecule has 8 nitrogen and oxygen atoms in total. The summed E-state index contributed by atoms with van der Waals surface area (Å²) in [4.78, 5) is 29.1. The van der Waals surface area contributed by atoms with Crippen molar-refractivity contribution < 1.29 is 14.3 Å². The number of carbonyl (C=O) groups excluding carboxylic acids is 2. The lowest BCUT2D eigenvalue weighted by Crippen LogP contribution is -2.27. The molecular formula is C21H19N5O3. The normalized spacial score (nSPS) is 12.1. The quantitative estimate of drug-likeness (QED) is 0.402. The highest BCUT2D eigenvalue weighted by atomic mass is 16.5. The standard InChI is InChI=1S/C21H19N5O3/c1-13-7-9-15(10-8-13)21-23-25-26(24-21)12-19(27)29-14(2)20(28)17-11-22-18-6-4-3-5-16(17)18/h3-11,14,22H,12H2,1-2H3/t14-/m0/s1. The van der Waals surface area contributed by atoms with Crippen molar-refractivity contribution in [3.05, 3.63) is 65.9 Å². The van der Waals surface area contributed by atoms with E-state index in [2.05, 4.69) is 20.4 Å². The number of esters is 1. The summed E-state index contributed by atoms with van der Waals surface area (Å²) < 4.78 is 5.29. The fraction of sp³-hybridized carbons (Fsp3) is 0.190. The first-order valence-corrected chi connectivity index (χ1v) is 9.16. The van der Waals surface area contributed by atoms with Crippen molar-refractivity contribution in [2.75, 3.05) is 0 Å². The van der Waals surface area contributed by atoms with Crippen LogP contribution in [0.4, 0.5) is 0 Å². The molecule has 4 rings (SSSR count). The second kappa shape index (κ2) is 7.67. The Labute approximate surface area is 166 Å². The Kier molecular flexibility index (Phi) is 4.90. The number of fused-ring (bicyclic) bond motifs is 1. The van der Waals surface area contributed by atoms with E-state index in [1.54, 1.807) is 13.1 Å². The van der Waals surface area contributed by atoms with Gasteiger partial charge in [0.15, 0.2) is 12.6 Å². The molecule has 0 bridgehead atoms. The molecule has 146 valence electrons. The molecule has 2 heterocycles. The second-order valence-corrected chi connectivity index (χ2v) is 6.75. The summed E-state index contributed by atoms with van der Waals surface area (Å²) in [6.45, 7) is 3.31. The van der Waals surface area contributed by atoms with Crippen LogP contribution in [0.3, 0.4) is 0 Å². The molecule has 2 aromatic carbocycles. The van der Waals surface area contributed by atoms with E-state index in [-0.39, 0.29) is 12.3 Å². The summed E-state index contributed by atoms with van der Waals surface area (Å²) in [5.41, 5.74) is 3.27. The van der Waals surface area contributed by atoms with Gasteiger partial charge in [-0.25, -0.2) is 4.79 Å². The molecule has 8 heteroatoms. The molecule has 0 unspecified atom stereocenters. The van der Waals surface area contributed by atoms with E-state index in [0.29, 0.717) is 11.4 Å². The lowest BCUT2D eigenvalue weighted by molar-refractivity contribution is -0.147. The minimum atomic E-state index is -0.929. The van der Waals surface area contributed by atoms with Crippen LogP contribution in [0.2, 0.25) is 0 Å². The molecule has 0 amide bonds. The van der Waals surface area contributed by atoms with Gasteiger partial charge in [0, 0.05) is 28.2 Å². The van der Waals surface area contributed by atoms with Gasteiger partial charge in [0.2, 0.25) is 11.6 Å². The van der Waals surface area contributed by atoms with Gasteiger partial charge >= 0.3 is 5.97 Å². The largest absolute Gasteiger partial charge is 0.453 e. The zero-order valence-corrected chi connectivity index (χ0v) is 16.0. The summed E-state index contributed by atoms with van der Waals surface area (Å²) in [7, 11) is 0. The zero-order valence-electron chi connectivity index (χ0n) is 16.0. The summed E-state index contributed by atoms with van der Waals surface area (Å²) in [5.74, 6) is -0.470. The van der Waals surface area contributed by atoms with E-state index in [9.17, 15) is 9.59 Å². The van der Waals surface area contributed by atoms with E-state index in [1.807, 2.05) is 55.5 Å². The number of nitrogens with zero attached hydrogens (tertiary/aromatic N) is 4. The van der Waals surface area contributed by atoms with Crippen LogP contribution < -0.4 is 0 Å². The summed E-state index contributed by atoms with van der Waals surface area (Å²) in [6.07, 6.45) is 0.700. The molecule has 29 heavy (non-hydrogen) atoms. The summed E-state index contributed by atoms with van der Waals surface area (Å²) >= 11 is 0. The van der Waals surface area contributed by atoms with E-state index in [1.165, 1.54) is 0 Å². The minimum Gasteiger partial charge on any atom is -0.453 e. The Balaban J connectivity index is 1.40. The van der Waals surface area contributed by atoms with Crippen molar-refractivity contribution in [3.8, 4) is 11.4 Å². The molecular weight excluding hydrogens is 370 g/mol. The van der Waals surface area contributed by atoms with Gasteiger partial charge in [0.05, 0.1) is 0 Å². The number of ketones is 1. The van der Waals surface area contributed by atoms with Crippen LogP contribution in [0.1, 0.15) is 22.8 Å². The lowest BCUT2D eigenvalue weighted by Gasteiger charge is -2.11. The number of H-pyrrole nitrogens is 1. The van der Waals surface area contributed by atoms with Gasteiger partial charge in [0.1, 0.15) is 0 Å². The van der Waals surface area contributed by atoms with Crippen molar-refractivity contribution in [3.63, 3.8) is 0 Å². The molecule has 0 spiro atoms. The number of ether oxygens (including phenoxy) is 1. The van der Waals surface area contributed by atoms with Crippen molar-refractivity contribution in [2.24, 2.45) is 0 Å². The van der Waals surface area contributed by atoms with E-state index < -0.39 is 12.1 Å².